The first-order chi connectivity index (χ1) is 9.65. The summed E-state index contributed by atoms with van der Waals surface area (Å²) in [5.74, 6) is 0.837. The molecule has 0 amide bonds. The molecule has 1 aromatic carbocycles. The number of aromatic nitrogens is 2. The highest BCUT2D eigenvalue weighted by molar-refractivity contribution is 9.10. The van der Waals surface area contributed by atoms with Gasteiger partial charge in [-0.1, -0.05) is 13.0 Å². The summed E-state index contributed by atoms with van der Waals surface area (Å²) in [5.41, 5.74) is 2.20. The third kappa shape index (κ3) is 3.41. The molecule has 1 N–H and O–H groups in total. The van der Waals surface area contributed by atoms with Crippen molar-refractivity contribution in [3.63, 3.8) is 0 Å². The smallest absolute Gasteiger partial charge is 0.133 e. The standard InChI is InChI=1S/C15H20BrN3O/c1-4-8-17-15(13-7-9-19(2)18-13)11-5-6-14(20-3)12(16)10-11/h5-7,9-10,15,17H,4,8H2,1-3H3. The monoisotopic (exact) mass is 337 g/mol. The summed E-state index contributed by atoms with van der Waals surface area (Å²) >= 11 is 3.54. The minimum absolute atomic E-state index is 0.0957. The third-order valence-electron chi connectivity index (χ3n) is 3.14. The first-order valence-corrected chi connectivity index (χ1v) is 7.51. The molecule has 1 heterocycles. The Bertz CT molecular complexity index is 568. The second-order valence-corrected chi connectivity index (χ2v) is 5.55. The van der Waals surface area contributed by atoms with Gasteiger partial charge in [-0.15, -0.1) is 0 Å². The van der Waals surface area contributed by atoms with Crippen LogP contribution < -0.4 is 10.1 Å². The van der Waals surface area contributed by atoms with Crippen molar-refractivity contribution in [2.75, 3.05) is 13.7 Å². The predicted molar refractivity (Wildman–Crippen MR) is 84.0 cm³/mol. The highest BCUT2D eigenvalue weighted by Gasteiger charge is 2.17. The van der Waals surface area contributed by atoms with Crippen molar-refractivity contribution < 1.29 is 4.74 Å². The maximum absolute atomic E-state index is 5.28. The van der Waals surface area contributed by atoms with Crippen LogP contribution in [-0.2, 0) is 7.05 Å². The average molecular weight is 338 g/mol. The number of halogens is 1. The van der Waals surface area contributed by atoms with Gasteiger partial charge in [0.2, 0.25) is 0 Å². The van der Waals surface area contributed by atoms with Crippen LogP contribution >= 0.6 is 15.9 Å². The zero-order chi connectivity index (χ0) is 14.5. The number of benzene rings is 1. The molecule has 0 saturated carbocycles. The summed E-state index contributed by atoms with van der Waals surface area (Å²) in [6.07, 6.45) is 3.05. The van der Waals surface area contributed by atoms with Gasteiger partial charge in [-0.2, -0.15) is 5.10 Å². The Morgan fingerprint density at radius 2 is 2.20 bits per heavy atom. The number of nitrogens with zero attached hydrogens (tertiary/aromatic N) is 2. The van der Waals surface area contributed by atoms with Crippen molar-refractivity contribution in [3.8, 4) is 5.75 Å². The van der Waals surface area contributed by atoms with Gasteiger partial charge in [0.05, 0.1) is 23.3 Å². The van der Waals surface area contributed by atoms with Crippen LogP contribution in [0, 0.1) is 0 Å². The zero-order valence-electron chi connectivity index (χ0n) is 12.1. The SMILES string of the molecule is CCCNC(c1ccc(OC)c(Br)c1)c1ccn(C)n1. The molecule has 0 aliphatic carbocycles. The Kier molecular flexibility index (Phi) is 5.20. The van der Waals surface area contributed by atoms with E-state index in [-0.39, 0.29) is 6.04 Å². The number of hydrogen-bond acceptors (Lipinski definition) is 3. The summed E-state index contributed by atoms with van der Waals surface area (Å²) in [6.45, 7) is 3.11. The van der Waals surface area contributed by atoms with Crippen LogP contribution in [0.5, 0.6) is 5.75 Å². The molecule has 0 saturated heterocycles. The molecule has 0 bridgehead atoms. The van der Waals surface area contributed by atoms with E-state index in [0.717, 1.165) is 28.9 Å². The molecule has 4 nitrogen and oxygen atoms in total. The van der Waals surface area contributed by atoms with Gasteiger partial charge in [-0.05, 0) is 52.7 Å². The number of methoxy groups -OCH3 is 1. The second kappa shape index (κ2) is 6.90. The highest BCUT2D eigenvalue weighted by Crippen LogP contribution is 2.30. The summed E-state index contributed by atoms with van der Waals surface area (Å²) in [7, 11) is 3.61. The molecule has 1 unspecified atom stereocenters. The van der Waals surface area contributed by atoms with Gasteiger partial charge in [0.25, 0.3) is 0 Å². The Balaban J connectivity index is 2.33. The highest BCUT2D eigenvalue weighted by atomic mass is 79.9. The fourth-order valence-electron chi connectivity index (χ4n) is 2.13. The first kappa shape index (κ1) is 15.1. The Hall–Kier alpha value is -1.33. The fraction of sp³-hybridized carbons (Fsp3) is 0.400. The van der Waals surface area contributed by atoms with Crippen molar-refractivity contribution in [3.05, 3.63) is 46.2 Å². The van der Waals surface area contributed by atoms with Gasteiger partial charge in [0.1, 0.15) is 5.75 Å². The molecule has 20 heavy (non-hydrogen) atoms. The van der Waals surface area contributed by atoms with E-state index >= 15 is 0 Å². The lowest BCUT2D eigenvalue weighted by Gasteiger charge is -2.18. The van der Waals surface area contributed by atoms with Crippen LogP contribution in [0.3, 0.4) is 0 Å². The van der Waals surface area contributed by atoms with Crippen LogP contribution in [0.25, 0.3) is 0 Å². The summed E-state index contributed by atoms with van der Waals surface area (Å²) in [6, 6.07) is 8.28. The van der Waals surface area contributed by atoms with Crippen LogP contribution in [0.2, 0.25) is 0 Å². The summed E-state index contributed by atoms with van der Waals surface area (Å²) in [5, 5.41) is 8.06. The van der Waals surface area contributed by atoms with E-state index in [4.69, 9.17) is 4.74 Å². The first-order valence-electron chi connectivity index (χ1n) is 6.72. The number of hydrogen-bond donors (Lipinski definition) is 1. The van der Waals surface area contributed by atoms with Crippen molar-refractivity contribution in [1.29, 1.82) is 0 Å². The molecule has 0 aliphatic heterocycles. The number of aryl methyl sites for hydroxylation is 1. The van der Waals surface area contributed by atoms with E-state index in [0.29, 0.717) is 0 Å². The average Bonchev–Trinajstić information content (AvgIpc) is 2.86. The minimum atomic E-state index is 0.0957. The fourth-order valence-corrected chi connectivity index (χ4v) is 2.69. The van der Waals surface area contributed by atoms with E-state index in [1.807, 2.05) is 30.1 Å². The van der Waals surface area contributed by atoms with Crippen molar-refractivity contribution >= 4 is 15.9 Å². The number of ether oxygens (including phenoxy) is 1. The third-order valence-corrected chi connectivity index (χ3v) is 3.76. The van der Waals surface area contributed by atoms with Crippen LogP contribution in [0.15, 0.2) is 34.9 Å². The minimum Gasteiger partial charge on any atom is -0.496 e. The number of nitrogens with one attached hydrogen (secondary N) is 1. The molecule has 0 radical (unpaired) electrons. The van der Waals surface area contributed by atoms with Crippen LogP contribution in [0.4, 0.5) is 0 Å². The molecule has 1 aromatic heterocycles. The van der Waals surface area contributed by atoms with Crippen LogP contribution in [-0.4, -0.2) is 23.4 Å². The maximum atomic E-state index is 5.28. The van der Waals surface area contributed by atoms with E-state index in [2.05, 4.69) is 45.4 Å². The molecular weight excluding hydrogens is 318 g/mol. The summed E-state index contributed by atoms with van der Waals surface area (Å²) in [4.78, 5) is 0. The normalized spacial score (nSPS) is 12.4. The van der Waals surface area contributed by atoms with E-state index in [9.17, 15) is 0 Å². The van der Waals surface area contributed by atoms with E-state index < -0.39 is 0 Å². The Labute approximate surface area is 128 Å². The van der Waals surface area contributed by atoms with Gasteiger partial charge < -0.3 is 10.1 Å². The molecule has 0 fully saturated rings. The Morgan fingerprint density at radius 3 is 2.75 bits per heavy atom. The van der Waals surface area contributed by atoms with Crippen LogP contribution in [0.1, 0.15) is 30.6 Å². The molecule has 1 atom stereocenters. The molecule has 0 aliphatic rings. The lowest BCUT2D eigenvalue weighted by atomic mass is 10.0. The predicted octanol–water partition coefficient (Wildman–Crippen LogP) is 3.28. The molecule has 2 rings (SSSR count). The van der Waals surface area contributed by atoms with Crippen molar-refractivity contribution in [2.45, 2.75) is 19.4 Å². The maximum Gasteiger partial charge on any atom is 0.133 e. The second-order valence-electron chi connectivity index (χ2n) is 4.70. The summed E-state index contributed by atoms with van der Waals surface area (Å²) < 4.78 is 8.07. The van der Waals surface area contributed by atoms with Gasteiger partial charge in [-0.25, -0.2) is 0 Å². The largest absolute Gasteiger partial charge is 0.496 e. The Morgan fingerprint density at radius 1 is 1.40 bits per heavy atom. The lowest BCUT2D eigenvalue weighted by Crippen LogP contribution is -2.23. The van der Waals surface area contributed by atoms with E-state index in [1.165, 1.54) is 5.56 Å². The van der Waals surface area contributed by atoms with Gasteiger partial charge in [0.15, 0.2) is 0 Å². The molecule has 5 heteroatoms. The zero-order valence-corrected chi connectivity index (χ0v) is 13.6. The van der Waals surface area contributed by atoms with Gasteiger partial charge in [-0.3, -0.25) is 4.68 Å². The van der Waals surface area contributed by atoms with Crippen molar-refractivity contribution in [1.82, 2.24) is 15.1 Å². The van der Waals surface area contributed by atoms with Gasteiger partial charge in [0, 0.05) is 13.2 Å². The topological polar surface area (TPSA) is 39.1 Å². The molecular formula is C15H20BrN3O. The molecule has 0 spiro atoms. The molecule has 108 valence electrons. The van der Waals surface area contributed by atoms with E-state index in [1.54, 1.807) is 7.11 Å². The lowest BCUT2D eigenvalue weighted by molar-refractivity contribution is 0.411. The molecule has 2 aromatic rings. The van der Waals surface area contributed by atoms with Gasteiger partial charge >= 0.3 is 0 Å². The van der Waals surface area contributed by atoms with Crippen molar-refractivity contribution in [2.24, 2.45) is 7.05 Å². The number of rotatable bonds is 6. The quantitative estimate of drug-likeness (QED) is 0.879.